The van der Waals surface area contributed by atoms with Gasteiger partial charge in [0.25, 0.3) is 0 Å². The minimum Gasteiger partial charge on any atom is -0.385 e. The summed E-state index contributed by atoms with van der Waals surface area (Å²) in [7, 11) is 1.65. The van der Waals surface area contributed by atoms with Crippen LogP contribution in [0.3, 0.4) is 0 Å². The largest absolute Gasteiger partial charge is 0.385 e. The van der Waals surface area contributed by atoms with E-state index in [1.807, 2.05) is 6.92 Å². The van der Waals surface area contributed by atoms with E-state index in [0.717, 1.165) is 19.0 Å². The third kappa shape index (κ3) is 4.35. The number of halogens is 2. The molecule has 18 heavy (non-hydrogen) atoms. The minimum atomic E-state index is -0.535. The molecule has 102 valence electrons. The Hall–Kier alpha value is -1.00. The van der Waals surface area contributed by atoms with Crippen LogP contribution in [0, 0.1) is 17.6 Å². The normalized spacial score (nSPS) is 14.5. The van der Waals surface area contributed by atoms with Crippen molar-refractivity contribution in [2.45, 2.75) is 26.3 Å². The molecule has 0 amide bonds. The molecule has 0 aromatic heterocycles. The van der Waals surface area contributed by atoms with Crippen molar-refractivity contribution in [1.29, 1.82) is 0 Å². The van der Waals surface area contributed by atoms with Crippen molar-refractivity contribution in [2.24, 2.45) is 5.92 Å². The summed E-state index contributed by atoms with van der Waals surface area (Å²) in [4.78, 5) is 0. The highest BCUT2D eigenvalue weighted by molar-refractivity contribution is 5.22. The van der Waals surface area contributed by atoms with Crippen molar-refractivity contribution >= 4 is 0 Å². The van der Waals surface area contributed by atoms with Crippen LogP contribution in [0.15, 0.2) is 18.2 Å². The van der Waals surface area contributed by atoms with E-state index in [4.69, 9.17) is 4.74 Å². The van der Waals surface area contributed by atoms with Crippen molar-refractivity contribution in [3.63, 3.8) is 0 Å². The molecule has 1 N–H and O–H groups in total. The van der Waals surface area contributed by atoms with E-state index < -0.39 is 11.6 Å². The summed E-state index contributed by atoms with van der Waals surface area (Å²) >= 11 is 0. The van der Waals surface area contributed by atoms with Gasteiger partial charge in [0.1, 0.15) is 11.6 Å². The fraction of sp³-hybridized carbons (Fsp3) is 0.571. The lowest BCUT2D eigenvalue weighted by atomic mass is 9.92. The second-order valence-corrected chi connectivity index (χ2v) is 4.50. The topological polar surface area (TPSA) is 21.3 Å². The standard InChI is InChI=1S/C14H21F2NO/c1-4-17-14(10(2)5-6-18-3)11-7-12(15)9-13(16)8-11/h7-10,14,17H,4-6H2,1-3H3. The lowest BCUT2D eigenvalue weighted by Crippen LogP contribution is -2.27. The predicted molar refractivity (Wildman–Crippen MR) is 68.4 cm³/mol. The summed E-state index contributed by atoms with van der Waals surface area (Å²) in [5.41, 5.74) is 0.651. The van der Waals surface area contributed by atoms with Crippen molar-refractivity contribution in [3.8, 4) is 0 Å². The molecule has 0 spiro atoms. The Morgan fingerprint density at radius 2 is 1.83 bits per heavy atom. The SMILES string of the molecule is CCNC(c1cc(F)cc(F)c1)C(C)CCOC. The fourth-order valence-corrected chi connectivity index (χ4v) is 2.09. The summed E-state index contributed by atoms with van der Waals surface area (Å²) in [6.07, 6.45) is 0.840. The van der Waals surface area contributed by atoms with Crippen molar-refractivity contribution < 1.29 is 13.5 Å². The van der Waals surface area contributed by atoms with E-state index in [0.29, 0.717) is 12.2 Å². The molecule has 0 saturated carbocycles. The lowest BCUT2D eigenvalue weighted by Gasteiger charge is -2.25. The fourth-order valence-electron chi connectivity index (χ4n) is 2.09. The highest BCUT2D eigenvalue weighted by Crippen LogP contribution is 2.25. The Balaban J connectivity index is 2.88. The van der Waals surface area contributed by atoms with Crippen LogP contribution in [-0.2, 0) is 4.74 Å². The maximum atomic E-state index is 13.3. The molecular formula is C14H21F2NO. The van der Waals surface area contributed by atoms with E-state index in [1.165, 1.54) is 12.1 Å². The Morgan fingerprint density at radius 3 is 2.33 bits per heavy atom. The van der Waals surface area contributed by atoms with Gasteiger partial charge in [0.2, 0.25) is 0 Å². The van der Waals surface area contributed by atoms with Crippen LogP contribution in [0.25, 0.3) is 0 Å². The number of nitrogens with one attached hydrogen (secondary N) is 1. The Kier molecular flexibility index (Phi) is 6.22. The Labute approximate surface area is 107 Å². The number of ether oxygens (including phenoxy) is 1. The molecule has 0 aliphatic rings. The molecule has 0 saturated heterocycles. The molecule has 1 aromatic carbocycles. The third-order valence-corrected chi connectivity index (χ3v) is 3.01. The Bertz CT molecular complexity index is 351. The number of benzene rings is 1. The average molecular weight is 257 g/mol. The summed E-state index contributed by atoms with van der Waals surface area (Å²) < 4.78 is 31.6. The highest BCUT2D eigenvalue weighted by atomic mass is 19.1. The first-order chi connectivity index (χ1) is 8.58. The van der Waals surface area contributed by atoms with E-state index in [1.54, 1.807) is 7.11 Å². The quantitative estimate of drug-likeness (QED) is 0.809. The zero-order chi connectivity index (χ0) is 13.5. The Morgan fingerprint density at radius 1 is 1.22 bits per heavy atom. The summed E-state index contributed by atoms with van der Waals surface area (Å²) in [5, 5.41) is 3.27. The van der Waals surface area contributed by atoms with Crippen LogP contribution in [0.1, 0.15) is 31.9 Å². The van der Waals surface area contributed by atoms with Crippen LogP contribution >= 0.6 is 0 Å². The maximum absolute atomic E-state index is 13.3. The number of methoxy groups -OCH3 is 1. The van der Waals surface area contributed by atoms with Gasteiger partial charge in [0.05, 0.1) is 0 Å². The summed E-state index contributed by atoms with van der Waals surface area (Å²) in [5.74, 6) is -0.829. The minimum absolute atomic E-state index is 0.0599. The molecule has 0 heterocycles. The van der Waals surface area contributed by atoms with Gasteiger partial charge >= 0.3 is 0 Å². The molecule has 4 heteroatoms. The van der Waals surface area contributed by atoms with Crippen molar-refractivity contribution in [3.05, 3.63) is 35.4 Å². The molecule has 0 bridgehead atoms. The maximum Gasteiger partial charge on any atom is 0.126 e. The lowest BCUT2D eigenvalue weighted by molar-refractivity contribution is 0.170. The molecule has 0 fully saturated rings. The van der Waals surface area contributed by atoms with Gasteiger partial charge in [-0.15, -0.1) is 0 Å². The molecule has 1 aromatic rings. The van der Waals surface area contributed by atoms with Crippen LogP contribution in [-0.4, -0.2) is 20.3 Å². The van der Waals surface area contributed by atoms with Gasteiger partial charge in [-0.3, -0.25) is 0 Å². The number of hydrogen-bond donors (Lipinski definition) is 1. The molecule has 2 unspecified atom stereocenters. The first kappa shape index (κ1) is 15.1. The van der Waals surface area contributed by atoms with Gasteiger partial charge in [0, 0.05) is 25.8 Å². The van der Waals surface area contributed by atoms with Gasteiger partial charge in [0.15, 0.2) is 0 Å². The van der Waals surface area contributed by atoms with Crippen LogP contribution in [0.2, 0.25) is 0 Å². The van der Waals surface area contributed by atoms with Gasteiger partial charge in [-0.05, 0) is 36.6 Å². The number of rotatable bonds is 7. The third-order valence-electron chi connectivity index (χ3n) is 3.01. The summed E-state index contributed by atoms with van der Waals surface area (Å²) in [6.45, 7) is 5.42. The smallest absolute Gasteiger partial charge is 0.126 e. The van der Waals surface area contributed by atoms with Crippen molar-refractivity contribution in [1.82, 2.24) is 5.32 Å². The van der Waals surface area contributed by atoms with Gasteiger partial charge in [-0.2, -0.15) is 0 Å². The summed E-state index contributed by atoms with van der Waals surface area (Å²) in [6, 6.07) is 3.61. The second kappa shape index (κ2) is 7.44. The average Bonchev–Trinajstić information content (AvgIpc) is 2.31. The van der Waals surface area contributed by atoms with Crippen LogP contribution in [0.5, 0.6) is 0 Å². The van der Waals surface area contributed by atoms with E-state index in [9.17, 15) is 8.78 Å². The molecular weight excluding hydrogens is 236 g/mol. The zero-order valence-electron chi connectivity index (χ0n) is 11.2. The van der Waals surface area contributed by atoms with E-state index >= 15 is 0 Å². The molecule has 1 rings (SSSR count). The molecule has 2 atom stereocenters. The first-order valence-corrected chi connectivity index (χ1v) is 6.26. The van der Waals surface area contributed by atoms with E-state index in [2.05, 4.69) is 12.2 Å². The molecule has 0 aliphatic carbocycles. The van der Waals surface area contributed by atoms with Gasteiger partial charge < -0.3 is 10.1 Å². The van der Waals surface area contributed by atoms with Gasteiger partial charge in [-0.1, -0.05) is 13.8 Å². The molecule has 0 aliphatic heterocycles. The monoisotopic (exact) mass is 257 g/mol. The van der Waals surface area contributed by atoms with Crippen LogP contribution < -0.4 is 5.32 Å². The molecule has 0 radical (unpaired) electrons. The van der Waals surface area contributed by atoms with Gasteiger partial charge in [-0.25, -0.2) is 8.78 Å². The van der Waals surface area contributed by atoms with E-state index in [-0.39, 0.29) is 12.0 Å². The second-order valence-electron chi connectivity index (χ2n) is 4.50. The van der Waals surface area contributed by atoms with Crippen molar-refractivity contribution in [2.75, 3.05) is 20.3 Å². The molecule has 2 nitrogen and oxygen atoms in total. The number of hydrogen-bond acceptors (Lipinski definition) is 2. The predicted octanol–water partition coefficient (Wildman–Crippen LogP) is 3.29. The highest BCUT2D eigenvalue weighted by Gasteiger charge is 2.19. The first-order valence-electron chi connectivity index (χ1n) is 6.26. The van der Waals surface area contributed by atoms with Crippen LogP contribution in [0.4, 0.5) is 8.78 Å². The zero-order valence-corrected chi connectivity index (χ0v) is 11.2.